The van der Waals surface area contributed by atoms with Gasteiger partial charge < -0.3 is 8.83 Å². The van der Waals surface area contributed by atoms with E-state index in [2.05, 4.69) is 172 Å². The molecule has 55 heavy (non-hydrogen) atoms. The van der Waals surface area contributed by atoms with Crippen molar-refractivity contribution in [3.63, 3.8) is 0 Å². The average Bonchev–Trinajstić information content (AvgIpc) is 3.92. The molecule has 9 aromatic carbocycles. The first-order valence-electron chi connectivity index (χ1n) is 19.1. The molecule has 0 fully saturated rings. The van der Waals surface area contributed by atoms with E-state index in [1.165, 1.54) is 88.0 Å². The third kappa shape index (κ3) is 4.20. The van der Waals surface area contributed by atoms with E-state index in [0.717, 1.165) is 32.9 Å². The zero-order valence-corrected chi connectivity index (χ0v) is 30.5. The number of hydrogen-bond acceptors (Lipinski definition) is 2. The zero-order chi connectivity index (χ0) is 36.4. The Morgan fingerprint density at radius 3 is 1.85 bits per heavy atom. The van der Waals surface area contributed by atoms with Gasteiger partial charge in [0.1, 0.15) is 16.7 Å². The van der Waals surface area contributed by atoms with Crippen LogP contribution in [0, 0.1) is 0 Å². The normalized spacial score (nSPS) is 13.4. The van der Waals surface area contributed by atoms with Crippen molar-refractivity contribution < 1.29 is 8.83 Å². The van der Waals surface area contributed by atoms with Gasteiger partial charge in [-0.25, -0.2) is 0 Å². The van der Waals surface area contributed by atoms with Gasteiger partial charge in [0.05, 0.1) is 6.26 Å². The third-order valence-electron chi connectivity index (χ3n) is 12.3. The number of fused-ring (bicyclic) bond motifs is 11. The van der Waals surface area contributed by atoms with Crippen LogP contribution in [0.25, 0.3) is 110 Å². The molecule has 2 aromatic heterocycles. The van der Waals surface area contributed by atoms with Gasteiger partial charge in [-0.1, -0.05) is 135 Å². The summed E-state index contributed by atoms with van der Waals surface area (Å²) in [7, 11) is 0. The Morgan fingerprint density at radius 2 is 1.07 bits per heavy atom. The fourth-order valence-electron chi connectivity index (χ4n) is 9.87. The SMILES string of the molecule is CC1(C)c2ccccc2-c2ccc3c(oc4ccc(-c5cc(-c6c7ccccc7c(-c7cccc8occc78)c7ccccc67)c6ccccc6c5)cc43)c21. The van der Waals surface area contributed by atoms with Crippen LogP contribution in [0.15, 0.2) is 179 Å². The van der Waals surface area contributed by atoms with Gasteiger partial charge in [0.15, 0.2) is 0 Å². The molecule has 11 aromatic rings. The van der Waals surface area contributed by atoms with Crippen molar-refractivity contribution in [3.8, 4) is 44.5 Å². The first-order valence-corrected chi connectivity index (χ1v) is 19.1. The monoisotopic (exact) mass is 702 g/mol. The van der Waals surface area contributed by atoms with Crippen molar-refractivity contribution in [2.24, 2.45) is 0 Å². The molecule has 0 amide bonds. The van der Waals surface area contributed by atoms with Gasteiger partial charge in [-0.05, 0) is 125 Å². The predicted molar refractivity (Wildman–Crippen MR) is 230 cm³/mol. The van der Waals surface area contributed by atoms with Crippen LogP contribution >= 0.6 is 0 Å². The van der Waals surface area contributed by atoms with E-state index in [-0.39, 0.29) is 5.41 Å². The van der Waals surface area contributed by atoms with E-state index in [1.54, 1.807) is 6.26 Å². The molecule has 2 nitrogen and oxygen atoms in total. The van der Waals surface area contributed by atoms with E-state index in [9.17, 15) is 0 Å². The molecule has 0 saturated heterocycles. The van der Waals surface area contributed by atoms with Crippen molar-refractivity contribution in [2.45, 2.75) is 19.3 Å². The largest absolute Gasteiger partial charge is 0.464 e. The molecule has 0 unspecified atom stereocenters. The maximum absolute atomic E-state index is 6.78. The van der Waals surface area contributed by atoms with Crippen LogP contribution in [0.4, 0.5) is 0 Å². The molecule has 0 N–H and O–H groups in total. The Kier molecular flexibility index (Phi) is 6.15. The molecule has 0 bridgehead atoms. The van der Waals surface area contributed by atoms with Gasteiger partial charge in [0.25, 0.3) is 0 Å². The average molecular weight is 703 g/mol. The molecule has 12 rings (SSSR count). The lowest BCUT2D eigenvalue weighted by Crippen LogP contribution is -2.15. The first kappa shape index (κ1) is 30.6. The van der Waals surface area contributed by atoms with Crippen LogP contribution in [0.2, 0.25) is 0 Å². The summed E-state index contributed by atoms with van der Waals surface area (Å²) in [4.78, 5) is 0. The van der Waals surface area contributed by atoms with Gasteiger partial charge in [-0.2, -0.15) is 0 Å². The molecule has 0 atom stereocenters. The Morgan fingerprint density at radius 1 is 0.400 bits per heavy atom. The standard InChI is InChI=1S/C53H34O2/c1-53(2)46-20-10-9-14-35(46)42-23-24-43-44-29-31(22-25-48(44)55-52(43)51(42)53)33-28-32-12-3-4-13-34(32)45(30-33)50-40-17-7-5-15-38(40)49(39-16-6-8-18-41(39)50)37-19-11-21-47-36(37)26-27-54-47/h3-30H,1-2H3. The van der Waals surface area contributed by atoms with Crippen molar-refractivity contribution in [3.05, 3.63) is 181 Å². The molecule has 0 radical (unpaired) electrons. The van der Waals surface area contributed by atoms with Crippen LogP contribution in [0.5, 0.6) is 0 Å². The molecule has 1 aliphatic rings. The topological polar surface area (TPSA) is 26.3 Å². The Labute approximate surface area is 317 Å². The highest BCUT2D eigenvalue weighted by Gasteiger charge is 2.38. The summed E-state index contributed by atoms with van der Waals surface area (Å²) in [6.07, 6.45) is 1.79. The van der Waals surface area contributed by atoms with E-state index in [0.29, 0.717) is 0 Å². The minimum absolute atomic E-state index is 0.151. The zero-order valence-electron chi connectivity index (χ0n) is 30.5. The van der Waals surface area contributed by atoms with E-state index in [4.69, 9.17) is 8.83 Å². The number of hydrogen-bond donors (Lipinski definition) is 0. The predicted octanol–water partition coefficient (Wildman–Crippen LogP) is 15.1. The Bertz CT molecular complexity index is 3350. The summed E-state index contributed by atoms with van der Waals surface area (Å²) >= 11 is 0. The van der Waals surface area contributed by atoms with E-state index in [1.807, 2.05) is 6.07 Å². The molecule has 2 heterocycles. The van der Waals surface area contributed by atoms with Crippen LogP contribution in [0.1, 0.15) is 25.0 Å². The maximum Gasteiger partial charge on any atom is 0.140 e. The van der Waals surface area contributed by atoms with E-state index < -0.39 is 0 Å². The summed E-state index contributed by atoms with van der Waals surface area (Å²) < 4.78 is 12.7. The summed E-state index contributed by atoms with van der Waals surface area (Å²) in [6, 6.07) is 59.9. The molecule has 1 aliphatic carbocycles. The molecule has 0 saturated carbocycles. The minimum atomic E-state index is -0.151. The second kappa shape index (κ2) is 11.1. The third-order valence-corrected chi connectivity index (χ3v) is 12.3. The first-order chi connectivity index (χ1) is 27.0. The highest BCUT2D eigenvalue weighted by atomic mass is 16.3. The van der Waals surface area contributed by atoms with Crippen LogP contribution in [-0.4, -0.2) is 0 Å². The van der Waals surface area contributed by atoms with Crippen LogP contribution in [-0.2, 0) is 5.41 Å². The van der Waals surface area contributed by atoms with Crippen molar-refractivity contribution in [2.75, 3.05) is 0 Å². The molecule has 0 aliphatic heterocycles. The smallest absolute Gasteiger partial charge is 0.140 e. The minimum Gasteiger partial charge on any atom is -0.464 e. The van der Waals surface area contributed by atoms with Gasteiger partial charge in [0, 0.05) is 27.1 Å². The van der Waals surface area contributed by atoms with Crippen LogP contribution < -0.4 is 0 Å². The maximum atomic E-state index is 6.78. The molecular formula is C53H34O2. The molecule has 258 valence electrons. The Balaban J connectivity index is 1.11. The quantitative estimate of drug-likeness (QED) is 0.171. The number of benzene rings is 9. The van der Waals surface area contributed by atoms with Gasteiger partial charge >= 0.3 is 0 Å². The fraction of sp³-hybridized carbons (Fsp3) is 0.0566. The summed E-state index contributed by atoms with van der Waals surface area (Å²) in [5.74, 6) is 0. The van der Waals surface area contributed by atoms with Crippen molar-refractivity contribution >= 4 is 65.2 Å². The molecular weight excluding hydrogens is 669 g/mol. The summed E-state index contributed by atoms with van der Waals surface area (Å²) in [6.45, 7) is 4.65. The van der Waals surface area contributed by atoms with Crippen molar-refractivity contribution in [1.82, 2.24) is 0 Å². The second-order valence-electron chi connectivity index (χ2n) is 15.6. The number of rotatable bonds is 3. The van der Waals surface area contributed by atoms with Gasteiger partial charge in [-0.15, -0.1) is 0 Å². The molecule has 2 heteroatoms. The lowest BCUT2D eigenvalue weighted by molar-refractivity contribution is 0.616. The number of furan rings is 2. The second-order valence-corrected chi connectivity index (χ2v) is 15.6. The van der Waals surface area contributed by atoms with Crippen LogP contribution in [0.3, 0.4) is 0 Å². The van der Waals surface area contributed by atoms with Crippen molar-refractivity contribution in [1.29, 1.82) is 0 Å². The lowest BCUT2D eigenvalue weighted by atomic mass is 9.82. The van der Waals surface area contributed by atoms with Gasteiger partial charge in [-0.3, -0.25) is 0 Å². The highest BCUT2D eigenvalue weighted by Crippen LogP contribution is 2.53. The Hall–Kier alpha value is -6.90. The van der Waals surface area contributed by atoms with E-state index >= 15 is 0 Å². The lowest BCUT2D eigenvalue weighted by Gasteiger charge is -2.21. The molecule has 0 spiro atoms. The fourth-order valence-corrected chi connectivity index (χ4v) is 9.87. The summed E-state index contributed by atoms with van der Waals surface area (Å²) in [5.41, 5.74) is 15.1. The van der Waals surface area contributed by atoms with Gasteiger partial charge in [0.2, 0.25) is 0 Å². The highest BCUT2D eigenvalue weighted by molar-refractivity contribution is 6.25. The summed E-state index contributed by atoms with van der Waals surface area (Å²) in [5, 5.41) is 10.8.